The van der Waals surface area contributed by atoms with Gasteiger partial charge in [0.05, 0.1) is 28.4 Å². The van der Waals surface area contributed by atoms with Crippen molar-refractivity contribution >= 4 is 29.0 Å². The normalized spacial score (nSPS) is 31.6. The summed E-state index contributed by atoms with van der Waals surface area (Å²) in [6, 6.07) is 8.10. The molecule has 4 fully saturated rings. The van der Waals surface area contributed by atoms with Crippen molar-refractivity contribution in [2.45, 2.75) is 57.1 Å². The Labute approximate surface area is 205 Å². The van der Waals surface area contributed by atoms with E-state index in [4.69, 9.17) is 16.7 Å². The number of nitriles is 1. The Morgan fingerprint density at radius 3 is 2.47 bits per heavy atom. The van der Waals surface area contributed by atoms with Gasteiger partial charge in [0.25, 0.3) is 0 Å². The second-order valence-corrected chi connectivity index (χ2v) is 11.2. The molecule has 1 N–H and O–H groups in total. The molecule has 2 unspecified atom stereocenters. The molecule has 0 aromatic heterocycles. The third-order valence-corrected chi connectivity index (χ3v) is 9.14. The van der Waals surface area contributed by atoms with Gasteiger partial charge in [-0.2, -0.15) is 10.4 Å². The zero-order valence-electron chi connectivity index (χ0n) is 19.4. The summed E-state index contributed by atoms with van der Waals surface area (Å²) < 4.78 is 0. The number of hydrazone groups is 1. The van der Waals surface area contributed by atoms with Gasteiger partial charge >= 0.3 is 0 Å². The van der Waals surface area contributed by atoms with E-state index < -0.39 is 0 Å². The van der Waals surface area contributed by atoms with Crippen molar-refractivity contribution < 1.29 is 9.90 Å². The number of aliphatic hydroxyl groups excluding tert-OH is 1. The first-order chi connectivity index (χ1) is 16.5. The van der Waals surface area contributed by atoms with Gasteiger partial charge in [0, 0.05) is 38.5 Å². The highest BCUT2D eigenvalue weighted by Gasteiger charge is 2.61. The summed E-state index contributed by atoms with van der Waals surface area (Å²) in [4.78, 5) is 17.4. The lowest BCUT2D eigenvalue weighted by molar-refractivity contribution is -0.135. The maximum absolute atomic E-state index is 13.0. The topological polar surface area (TPSA) is 83.2 Å². The summed E-state index contributed by atoms with van der Waals surface area (Å²) in [6.45, 7) is 3.21. The number of likely N-dealkylation sites (tertiary alicyclic amines) is 2. The fraction of sp³-hybridized carbons (Fsp3) is 0.654. The van der Waals surface area contributed by atoms with Gasteiger partial charge in [-0.15, -0.1) is 0 Å². The molecule has 1 aromatic rings. The average Bonchev–Trinajstić information content (AvgIpc) is 3.34. The molecule has 2 aliphatic carbocycles. The van der Waals surface area contributed by atoms with Gasteiger partial charge in [0.2, 0.25) is 5.91 Å². The van der Waals surface area contributed by atoms with Crippen LogP contribution in [0.1, 0.15) is 50.5 Å². The van der Waals surface area contributed by atoms with Crippen LogP contribution in [0.15, 0.2) is 23.3 Å². The number of nitrogens with zero attached hydrogens (tertiary/aromatic N) is 5. The standard InChI is InChI=1S/C26H32ClN5O2/c27-22-11-18(6-5-17(22)13-28)32-23(16-3-1-2-4-16)12-24(29-32)31-14-20-21(15-31)25(20)26(34)30-9-7-19(33)8-10-30/h5-6,11,16,19-21,23,25,33H,1-4,7-10,12,14-15H2/t20-,21+,23?,25?. The monoisotopic (exact) mass is 481 g/mol. The quantitative estimate of drug-likeness (QED) is 0.714. The first-order valence-corrected chi connectivity index (χ1v) is 13.2. The van der Waals surface area contributed by atoms with Crippen LogP contribution in [0.4, 0.5) is 5.69 Å². The number of piperidine rings is 2. The first-order valence-electron chi connectivity index (χ1n) is 12.8. The Morgan fingerprint density at radius 1 is 1.12 bits per heavy atom. The molecule has 3 heterocycles. The molecule has 2 saturated carbocycles. The Kier molecular flexibility index (Phi) is 5.69. The zero-order valence-corrected chi connectivity index (χ0v) is 20.2. The van der Waals surface area contributed by atoms with Crippen molar-refractivity contribution in [3.05, 3.63) is 28.8 Å². The fourth-order valence-electron chi connectivity index (χ4n) is 6.80. The van der Waals surface area contributed by atoms with E-state index in [1.165, 1.54) is 25.7 Å². The van der Waals surface area contributed by atoms with E-state index in [0.717, 1.165) is 31.0 Å². The van der Waals surface area contributed by atoms with Gasteiger partial charge in [0.15, 0.2) is 0 Å². The molecule has 5 aliphatic rings. The predicted octanol–water partition coefficient (Wildman–Crippen LogP) is 3.46. The number of carbonyl (C=O) groups is 1. The van der Waals surface area contributed by atoms with E-state index in [1.807, 2.05) is 17.0 Å². The van der Waals surface area contributed by atoms with Gasteiger partial charge in [0.1, 0.15) is 11.9 Å². The van der Waals surface area contributed by atoms with Crippen LogP contribution < -0.4 is 5.01 Å². The Hall–Kier alpha value is -2.30. The molecule has 0 radical (unpaired) electrons. The molecule has 0 bridgehead atoms. The smallest absolute Gasteiger partial charge is 0.226 e. The van der Waals surface area contributed by atoms with Crippen molar-refractivity contribution in [3.8, 4) is 6.07 Å². The third kappa shape index (κ3) is 3.85. The minimum absolute atomic E-state index is 0.160. The highest BCUT2D eigenvalue weighted by molar-refractivity contribution is 6.32. The van der Waals surface area contributed by atoms with E-state index in [2.05, 4.69) is 16.0 Å². The summed E-state index contributed by atoms with van der Waals surface area (Å²) >= 11 is 6.36. The molecule has 2 saturated heterocycles. The lowest BCUT2D eigenvalue weighted by atomic mass is 9.94. The van der Waals surface area contributed by atoms with Crippen LogP contribution in [0.2, 0.25) is 5.02 Å². The maximum Gasteiger partial charge on any atom is 0.226 e. The van der Waals surface area contributed by atoms with Crippen LogP contribution in [0.25, 0.3) is 0 Å². The number of benzene rings is 1. The maximum atomic E-state index is 13.0. The number of halogens is 1. The predicted molar refractivity (Wildman–Crippen MR) is 130 cm³/mol. The first kappa shape index (κ1) is 22.2. The van der Waals surface area contributed by atoms with Crippen LogP contribution in [0.5, 0.6) is 0 Å². The number of aliphatic hydroxyl groups is 1. The van der Waals surface area contributed by atoms with E-state index >= 15 is 0 Å². The molecule has 6 rings (SSSR count). The summed E-state index contributed by atoms with van der Waals surface area (Å²) in [5.41, 5.74) is 1.45. The van der Waals surface area contributed by atoms with Crippen molar-refractivity contribution in [1.82, 2.24) is 9.80 Å². The minimum atomic E-state index is -0.250. The van der Waals surface area contributed by atoms with E-state index in [-0.39, 0.29) is 12.0 Å². The molecule has 3 aliphatic heterocycles. The highest BCUT2D eigenvalue weighted by Crippen LogP contribution is 2.53. The van der Waals surface area contributed by atoms with E-state index in [9.17, 15) is 15.2 Å². The van der Waals surface area contributed by atoms with Crippen molar-refractivity contribution in [3.63, 3.8) is 0 Å². The molecule has 1 aromatic carbocycles. The number of carbonyl (C=O) groups excluding carboxylic acids is 1. The molecule has 7 nitrogen and oxygen atoms in total. The van der Waals surface area contributed by atoms with Gasteiger partial charge in [-0.3, -0.25) is 9.80 Å². The summed E-state index contributed by atoms with van der Waals surface area (Å²) in [7, 11) is 0. The number of amidine groups is 1. The SMILES string of the molecule is N#Cc1ccc(N2N=C(N3C[C@@H]4C(C(=O)N5CCC(O)CC5)[C@@H]4C3)CC2C2CCCC2)cc1Cl. The second-order valence-electron chi connectivity index (χ2n) is 10.8. The van der Waals surface area contributed by atoms with E-state index in [0.29, 0.717) is 66.2 Å². The summed E-state index contributed by atoms with van der Waals surface area (Å²) in [5, 5.41) is 26.7. The number of anilines is 1. The summed E-state index contributed by atoms with van der Waals surface area (Å²) in [5.74, 6) is 3.09. The lowest BCUT2D eigenvalue weighted by Crippen LogP contribution is -2.42. The van der Waals surface area contributed by atoms with Gasteiger partial charge in [-0.25, -0.2) is 0 Å². The third-order valence-electron chi connectivity index (χ3n) is 8.83. The Morgan fingerprint density at radius 2 is 1.82 bits per heavy atom. The van der Waals surface area contributed by atoms with Gasteiger partial charge in [-0.1, -0.05) is 24.4 Å². The number of hydrogen-bond donors (Lipinski definition) is 1. The number of fused-ring (bicyclic) bond motifs is 1. The molecular weight excluding hydrogens is 450 g/mol. The molecule has 1 amide bonds. The molecule has 0 spiro atoms. The second kappa shape index (κ2) is 8.73. The van der Waals surface area contributed by atoms with Gasteiger partial charge < -0.3 is 14.9 Å². The molecule has 180 valence electrons. The highest BCUT2D eigenvalue weighted by atomic mass is 35.5. The average molecular weight is 482 g/mol. The Balaban J connectivity index is 1.15. The van der Waals surface area contributed by atoms with Crippen molar-refractivity contribution in [2.75, 3.05) is 31.2 Å². The van der Waals surface area contributed by atoms with E-state index in [1.54, 1.807) is 6.07 Å². The number of rotatable bonds is 3. The van der Waals surface area contributed by atoms with Crippen LogP contribution in [-0.2, 0) is 4.79 Å². The van der Waals surface area contributed by atoms with Crippen LogP contribution in [-0.4, -0.2) is 65.0 Å². The molecule has 4 atom stereocenters. The lowest BCUT2D eigenvalue weighted by Gasteiger charge is -2.31. The van der Waals surface area contributed by atoms with Crippen LogP contribution in [0.3, 0.4) is 0 Å². The Bertz CT molecular complexity index is 1030. The van der Waals surface area contributed by atoms with Crippen molar-refractivity contribution in [1.29, 1.82) is 5.26 Å². The van der Waals surface area contributed by atoms with Crippen LogP contribution in [0, 0.1) is 35.0 Å². The largest absolute Gasteiger partial charge is 0.393 e. The fourth-order valence-corrected chi connectivity index (χ4v) is 7.02. The van der Waals surface area contributed by atoms with Crippen molar-refractivity contribution in [2.24, 2.45) is 28.8 Å². The number of amides is 1. The number of hydrogen-bond acceptors (Lipinski definition) is 6. The molecular formula is C26H32ClN5O2. The van der Waals surface area contributed by atoms with Gasteiger partial charge in [-0.05, 0) is 61.6 Å². The van der Waals surface area contributed by atoms with Crippen LogP contribution >= 0.6 is 11.6 Å². The molecule has 8 heteroatoms. The summed E-state index contributed by atoms with van der Waals surface area (Å²) in [6.07, 6.45) is 7.13. The minimum Gasteiger partial charge on any atom is -0.393 e. The zero-order chi connectivity index (χ0) is 23.4. The molecule has 34 heavy (non-hydrogen) atoms.